The molecule has 2 saturated carbocycles. The molecule has 4 rings (SSSR count). The minimum absolute atomic E-state index is 0.0533. The molecular weight excluding hydrogens is 238 g/mol. The van der Waals surface area contributed by atoms with Gasteiger partial charge in [0.15, 0.2) is 0 Å². The molecule has 3 fully saturated rings. The van der Waals surface area contributed by atoms with Crippen molar-refractivity contribution >= 4 is 5.97 Å². The number of hydrogen-bond donors (Lipinski definition) is 1. The number of benzene rings is 1. The van der Waals surface area contributed by atoms with Crippen LogP contribution in [0, 0.1) is 23.2 Å². The molecular formula is C16H19NO2. The van der Waals surface area contributed by atoms with Crippen molar-refractivity contribution in [2.45, 2.75) is 19.4 Å². The quantitative estimate of drug-likeness (QED) is 0.841. The third-order valence-corrected chi connectivity index (χ3v) is 5.33. The molecule has 4 unspecified atom stereocenters. The summed E-state index contributed by atoms with van der Waals surface area (Å²) in [5, 5.41) is 3.43. The lowest BCUT2D eigenvalue weighted by Gasteiger charge is -2.20. The van der Waals surface area contributed by atoms with E-state index >= 15 is 0 Å². The van der Waals surface area contributed by atoms with Gasteiger partial charge in [0.05, 0.1) is 5.41 Å². The van der Waals surface area contributed by atoms with Gasteiger partial charge in [-0.15, -0.1) is 0 Å². The van der Waals surface area contributed by atoms with Crippen molar-refractivity contribution in [1.82, 2.24) is 5.32 Å². The van der Waals surface area contributed by atoms with Gasteiger partial charge in [-0.2, -0.15) is 0 Å². The zero-order chi connectivity index (χ0) is 12.9. The Balaban J connectivity index is 1.44. The minimum atomic E-state index is -0.122. The SMILES string of the molecule is O=C(OCc1ccccc1)C12CC1CC1CNCC12. The number of hydrogen-bond acceptors (Lipinski definition) is 3. The molecule has 1 saturated heterocycles. The zero-order valence-electron chi connectivity index (χ0n) is 11.0. The molecule has 0 bridgehead atoms. The van der Waals surface area contributed by atoms with E-state index < -0.39 is 0 Å². The summed E-state index contributed by atoms with van der Waals surface area (Å²) in [4.78, 5) is 12.5. The molecule has 1 heterocycles. The lowest BCUT2D eigenvalue weighted by Crippen LogP contribution is -2.30. The van der Waals surface area contributed by atoms with Gasteiger partial charge in [0.25, 0.3) is 0 Å². The molecule has 4 atom stereocenters. The Bertz CT molecular complexity index is 501. The van der Waals surface area contributed by atoms with Gasteiger partial charge in [-0.05, 0) is 49.2 Å². The number of ether oxygens (including phenoxy) is 1. The summed E-state index contributed by atoms with van der Waals surface area (Å²) < 4.78 is 5.60. The van der Waals surface area contributed by atoms with Crippen LogP contribution in [0.4, 0.5) is 0 Å². The van der Waals surface area contributed by atoms with Crippen LogP contribution in [-0.4, -0.2) is 19.1 Å². The van der Waals surface area contributed by atoms with Crippen molar-refractivity contribution in [3.05, 3.63) is 35.9 Å². The van der Waals surface area contributed by atoms with E-state index in [2.05, 4.69) is 5.32 Å². The highest BCUT2D eigenvalue weighted by molar-refractivity contribution is 5.82. The first-order chi connectivity index (χ1) is 9.30. The van der Waals surface area contributed by atoms with Crippen LogP contribution in [-0.2, 0) is 16.1 Å². The Hall–Kier alpha value is -1.35. The van der Waals surface area contributed by atoms with Crippen LogP contribution in [0.1, 0.15) is 18.4 Å². The molecule has 1 N–H and O–H groups in total. The van der Waals surface area contributed by atoms with Gasteiger partial charge in [0.2, 0.25) is 0 Å². The average Bonchev–Trinajstić information content (AvgIpc) is 2.83. The van der Waals surface area contributed by atoms with E-state index in [4.69, 9.17) is 4.74 Å². The maximum atomic E-state index is 12.5. The standard InChI is InChI=1S/C16H19NO2/c18-15(19-10-11-4-2-1-3-5-11)16-7-13(16)6-12-8-17-9-14(12)16/h1-5,12-14,17H,6-10H2. The molecule has 1 aromatic carbocycles. The normalized spacial score (nSPS) is 38.6. The fourth-order valence-electron chi connectivity index (χ4n) is 4.30. The summed E-state index contributed by atoms with van der Waals surface area (Å²) >= 11 is 0. The van der Waals surface area contributed by atoms with Crippen molar-refractivity contribution in [1.29, 1.82) is 0 Å². The van der Waals surface area contributed by atoms with E-state index in [1.807, 2.05) is 30.3 Å². The Morgan fingerprint density at radius 3 is 3.00 bits per heavy atom. The molecule has 0 radical (unpaired) electrons. The van der Waals surface area contributed by atoms with Crippen LogP contribution in [0.2, 0.25) is 0 Å². The molecule has 2 aliphatic carbocycles. The van der Waals surface area contributed by atoms with Crippen LogP contribution < -0.4 is 5.32 Å². The highest BCUT2D eigenvalue weighted by Gasteiger charge is 2.72. The number of rotatable bonds is 3. The van der Waals surface area contributed by atoms with Gasteiger partial charge in [-0.1, -0.05) is 30.3 Å². The summed E-state index contributed by atoms with van der Waals surface area (Å²) in [5.41, 5.74) is 0.951. The first-order valence-corrected chi connectivity index (χ1v) is 7.22. The summed E-state index contributed by atoms with van der Waals surface area (Å²) in [6, 6.07) is 9.95. The maximum absolute atomic E-state index is 12.5. The van der Waals surface area contributed by atoms with Crippen LogP contribution >= 0.6 is 0 Å². The summed E-state index contributed by atoms with van der Waals surface area (Å²) in [6.45, 7) is 2.51. The lowest BCUT2D eigenvalue weighted by molar-refractivity contribution is -0.154. The van der Waals surface area contributed by atoms with Crippen LogP contribution in [0.25, 0.3) is 0 Å². The number of esters is 1. The average molecular weight is 257 g/mol. The first-order valence-electron chi connectivity index (χ1n) is 7.22. The molecule has 100 valence electrons. The van der Waals surface area contributed by atoms with Crippen LogP contribution in [0.5, 0.6) is 0 Å². The van der Waals surface area contributed by atoms with E-state index in [0.717, 1.165) is 25.1 Å². The molecule has 1 aliphatic heterocycles. The Labute approximate surface area is 113 Å². The van der Waals surface area contributed by atoms with Crippen LogP contribution in [0.15, 0.2) is 30.3 Å². The minimum Gasteiger partial charge on any atom is -0.460 e. The Morgan fingerprint density at radius 1 is 1.32 bits per heavy atom. The number of fused-ring (bicyclic) bond motifs is 3. The molecule has 0 aromatic heterocycles. The highest BCUT2D eigenvalue weighted by Crippen LogP contribution is 2.69. The second-order valence-corrected chi connectivity index (χ2v) is 6.26. The van der Waals surface area contributed by atoms with Crippen molar-refractivity contribution < 1.29 is 9.53 Å². The van der Waals surface area contributed by atoms with Crippen molar-refractivity contribution in [2.75, 3.05) is 13.1 Å². The summed E-state index contributed by atoms with van der Waals surface area (Å²) in [5.74, 6) is 1.90. The molecule has 0 amide bonds. The number of nitrogens with one attached hydrogen (secondary N) is 1. The van der Waals surface area contributed by atoms with Gasteiger partial charge in [-0.25, -0.2) is 0 Å². The van der Waals surface area contributed by atoms with Crippen LogP contribution in [0.3, 0.4) is 0 Å². The predicted molar refractivity (Wildman–Crippen MR) is 71.2 cm³/mol. The summed E-state index contributed by atoms with van der Waals surface area (Å²) in [7, 11) is 0. The van der Waals surface area contributed by atoms with Crippen molar-refractivity contribution in [3.63, 3.8) is 0 Å². The van der Waals surface area contributed by atoms with Crippen molar-refractivity contribution in [3.8, 4) is 0 Å². The first kappa shape index (κ1) is 11.5. The zero-order valence-corrected chi connectivity index (χ0v) is 11.0. The molecule has 19 heavy (non-hydrogen) atoms. The van der Waals surface area contributed by atoms with Gasteiger partial charge in [-0.3, -0.25) is 4.79 Å². The number of carbonyl (C=O) groups excluding carboxylic acids is 1. The molecule has 0 spiro atoms. The third kappa shape index (κ3) is 1.64. The fraction of sp³-hybridized carbons (Fsp3) is 0.562. The largest absolute Gasteiger partial charge is 0.460 e. The third-order valence-electron chi connectivity index (χ3n) is 5.33. The van der Waals surface area contributed by atoms with E-state index in [9.17, 15) is 4.79 Å². The fourth-order valence-corrected chi connectivity index (χ4v) is 4.30. The monoisotopic (exact) mass is 257 g/mol. The second-order valence-electron chi connectivity index (χ2n) is 6.26. The van der Waals surface area contributed by atoms with Gasteiger partial charge in [0, 0.05) is 0 Å². The summed E-state index contributed by atoms with van der Waals surface area (Å²) in [6.07, 6.45) is 2.28. The molecule has 3 nitrogen and oxygen atoms in total. The van der Waals surface area contributed by atoms with Gasteiger partial charge in [0.1, 0.15) is 6.61 Å². The smallest absolute Gasteiger partial charge is 0.313 e. The lowest BCUT2D eigenvalue weighted by atomic mass is 9.86. The molecule has 3 aliphatic rings. The molecule has 3 heteroatoms. The van der Waals surface area contributed by atoms with Gasteiger partial charge < -0.3 is 10.1 Å². The Morgan fingerprint density at radius 2 is 2.16 bits per heavy atom. The predicted octanol–water partition coefficient (Wildman–Crippen LogP) is 1.98. The van der Waals surface area contributed by atoms with E-state index in [0.29, 0.717) is 24.4 Å². The second kappa shape index (κ2) is 4.07. The van der Waals surface area contributed by atoms with E-state index in [-0.39, 0.29) is 11.4 Å². The van der Waals surface area contributed by atoms with E-state index in [1.54, 1.807) is 0 Å². The van der Waals surface area contributed by atoms with Crippen molar-refractivity contribution in [2.24, 2.45) is 23.2 Å². The van der Waals surface area contributed by atoms with Gasteiger partial charge >= 0.3 is 5.97 Å². The Kier molecular flexibility index (Phi) is 2.46. The highest BCUT2D eigenvalue weighted by atomic mass is 16.5. The number of carbonyl (C=O) groups is 1. The molecule has 1 aromatic rings. The maximum Gasteiger partial charge on any atom is 0.313 e. The topological polar surface area (TPSA) is 38.3 Å². The van der Waals surface area contributed by atoms with E-state index in [1.165, 1.54) is 6.42 Å².